The molecule has 0 heterocycles. The second-order valence-electron chi connectivity index (χ2n) is 5.29. The molecule has 0 spiro atoms. The van der Waals surface area contributed by atoms with Crippen LogP contribution in [0.2, 0.25) is 10.0 Å². The first-order valence-electron chi connectivity index (χ1n) is 6.93. The first kappa shape index (κ1) is 13.8. The molecule has 0 aliphatic heterocycles. The normalized spacial score (nSPS) is 17.6. The van der Waals surface area contributed by atoms with E-state index in [-0.39, 0.29) is 0 Å². The lowest BCUT2D eigenvalue weighted by atomic mass is 9.87. The van der Waals surface area contributed by atoms with Gasteiger partial charge in [-0.05, 0) is 42.5 Å². The van der Waals surface area contributed by atoms with Crippen LogP contribution in [0.1, 0.15) is 30.0 Å². The van der Waals surface area contributed by atoms with Crippen molar-refractivity contribution >= 4 is 28.9 Å². The highest BCUT2D eigenvalue weighted by molar-refractivity contribution is 6.43. The van der Waals surface area contributed by atoms with E-state index in [9.17, 15) is 0 Å². The number of rotatable bonds is 2. The molecule has 0 bridgehead atoms. The average Bonchev–Trinajstić information content (AvgIpc) is 2.49. The predicted molar refractivity (Wildman–Crippen MR) is 87.0 cm³/mol. The maximum absolute atomic E-state index is 6.36. The summed E-state index contributed by atoms with van der Waals surface area (Å²) in [7, 11) is 2.10. The molecule has 2 aromatic carbocycles. The minimum absolute atomic E-state index is 0.371. The summed E-state index contributed by atoms with van der Waals surface area (Å²) in [6, 6.07) is 14.9. The minimum atomic E-state index is 0.371. The lowest BCUT2D eigenvalue weighted by molar-refractivity contribution is 0.545. The van der Waals surface area contributed by atoms with E-state index in [1.54, 1.807) is 0 Å². The van der Waals surface area contributed by atoms with Crippen molar-refractivity contribution in [3.05, 3.63) is 63.6 Å². The highest BCUT2D eigenvalue weighted by Crippen LogP contribution is 2.40. The van der Waals surface area contributed by atoms with Gasteiger partial charge in [-0.25, -0.2) is 0 Å². The highest BCUT2D eigenvalue weighted by Gasteiger charge is 2.25. The fraction of sp³-hybridized carbons (Fsp3) is 0.294. The van der Waals surface area contributed by atoms with E-state index in [0.717, 1.165) is 12.1 Å². The first-order chi connectivity index (χ1) is 9.68. The summed E-state index contributed by atoms with van der Waals surface area (Å²) in [5.74, 6) is 0. The lowest BCUT2D eigenvalue weighted by Crippen LogP contribution is -2.27. The number of hydrogen-bond donors (Lipinski definition) is 0. The predicted octanol–water partition coefficient (Wildman–Crippen LogP) is 5.51. The van der Waals surface area contributed by atoms with Crippen LogP contribution < -0.4 is 4.90 Å². The quantitative estimate of drug-likeness (QED) is 0.707. The molecule has 0 radical (unpaired) electrons. The van der Waals surface area contributed by atoms with Crippen LogP contribution >= 0.6 is 23.2 Å². The zero-order valence-electron chi connectivity index (χ0n) is 11.4. The van der Waals surface area contributed by atoms with E-state index in [4.69, 9.17) is 23.2 Å². The molecule has 1 aliphatic rings. The standard InChI is InChI=1S/C17H17Cl2N/c1-20(16-11-5-9-14(18)17(16)19)15-10-4-7-12-6-2-3-8-13(12)15/h2-3,5-6,8-9,11,15H,4,7,10H2,1H3. The number of halogens is 2. The molecule has 0 saturated heterocycles. The van der Waals surface area contributed by atoms with E-state index >= 15 is 0 Å². The molecule has 0 aromatic heterocycles. The third-order valence-corrected chi connectivity index (χ3v) is 4.93. The van der Waals surface area contributed by atoms with Gasteiger partial charge in [0.2, 0.25) is 0 Å². The summed E-state index contributed by atoms with van der Waals surface area (Å²) in [5, 5.41) is 1.25. The highest BCUT2D eigenvalue weighted by atomic mass is 35.5. The van der Waals surface area contributed by atoms with Crippen molar-refractivity contribution in [3.8, 4) is 0 Å². The Kier molecular flexibility index (Phi) is 3.91. The second kappa shape index (κ2) is 5.67. The van der Waals surface area contributed by atoms with Gasteiger partial charge in [0.05, 0.1) is 21.8 Å². The van der Waals surface area contributed by atoms with Crippen LogP contribution in [0.25, 0.3) is 0 Å². The lowest BCUT2D eigenvalue weighted by Gasteiger charge is -2.35. The summed E-state index contributed by atoms with van der Waals surface area (Å²) < 4.78 is 0. The number of aryl methyl sites for hydroxylation is 1. The maximum Gasteiger partial charge on any atom is 0.0825 e. The second-order valence-corrected chi connectivity index (χ2v) is 6.08. The number of fused-ring (bicyclic) bond motifs is 1. The van der Waals surface area contributed by atoms with E-state index in [2.05, 4.69) is 36.2 Å². The van der Waals surface area contributed by atoms with Gasteiger partial charge in [-0.2, -0.15) is 0 Å². The van der Waals surface area contributed by atoms with Crippen LogP contribution in [0.4, 0.5) is 5.69 Å². The monoisotopic (exact) mass is 305 g/mol. The van der Waals surface area contributed by atoms with Crippen LogP contribution in [0.5, 0.6) is 0 Å². The summed E-state index contributed by atoms with van der Waals surface area (Å²) in [6.07, 6.45) is 3.53. The van der Waals surface area contributed by atoms with Gasteiger partial charge in [-0.15, -0.1) is 0 Å². The molecule has 3 heteroatoms. The van der Waals surface area contributed by atoms with E-state index in [1.165, 1.54) is 24.0 Å². The molecule has 3 rings (SSSR count). The summed E-state index contributed by atoms with van der Waals surface area (Å²) in [4.78, 5) is 2.26. The van der Waals surface area contributed by atoms with E-state index in [0.29, 0.717) is 16.1 Å². The number of nitrogens with zero attached hydrogens (tertiary/aromatic N) is 1. The molecular formula is C17H17Cl2N. The fourth-order valence-corrected chi connectivity index (χ4v) is 3.49. The van der Waals surface area contributed by atoms with Gasteiger partial charge >= 0.3 is 0 Å². The molecule has 1 aliphatic carbocycles. The van der Waals surface area contributed by atoms with Crippen molar-refractivity contribution in [3.63, 3.8) is 0 Å². The Labute approximate surface area is 130 Å². The van der Waals surface area contributed by atoms with Crippen molar-refractivity contribution < 1.29 is 0 Å². The van der Waals surface area contributed by atoms with E-state index < -0.39 is 0 Å². The van der Waals surface area contributed by atoms with Crippen molar-refractivity contribution in [2.75, 3.05) is 11.9 Å². The van der Waals surface area contributed by atoms with Gasteiger partial charge in [-0.1, -0.05) is 53.5 Å². The van der Waals surface area contributed by atoms with Crippen molar-refractivity contribution in [2.45, 2.75) is 25.3 Å². The van der Waals surface area contributed by atoms with Crippen molar-refractivity contribution in [2.24, 2.45) is 0 Å². The van der Waals surface area contributed by atoms with Crippen LogP contribution in [0.3, 0.4) is 0 Å². The Morgan fingerprint density at radius 2 is 1.85 bits per heavy atom. The SMILES string of the molecule is CN(c1cccc(Cl)c1Cl)C1CCCc2ccccc21. The molecule has 1 unspecified atom stereocenters. The molecule has 104 valence electrons. The van der Waals surface area contributed by atoms with Crippen molar-refractivity contribution in [1.29, 1.82) is 0 Å². The molecule has 1 atom stereocenters. The third kappa shape index (κ3) is 2.41. The Hall–Kier alpha value is -1.18. The van der Waals surface area contributed by atoms with Gasteiger partial charge in [-0.3, -0.25) is 0 Å². The number of benzene rings is 2. The van der Waals surface area contributed by atoms with Crippen LogP contribution in [0, 0.1) is 0 Å². The van der Waals surface area contributed by atoms with E-state index in [1.807, 2.05) is 18.2 Å². The molecule has 0 amide bonds. The van der Waals surface area contributed by atoms with Gasteiger partial charge in [0.1, 0.15) is 0 Å². The number of anilines is 1. The van der Waals surface area contributed by atoms with Gasteiger partial charge in [0.15, 0.2) is 0 Å². The van der Waals surface area contributed by atoms with Crippen LogP contribution in [0.15, 0.2) is 42.5 Å². The summed E-state index contributed by atoms with van der Waals surface area (Å²) in [5.41, 5.74) is 3.87. The Balaban J connectivity index is 2.00. The van der Waals surface area contributed by atoms with Gasteiger partial charge in [0.25, 0.3) is 0 Å². The van der Waals surface area contributed by atoms with Crippen molar-refractivity contribution in [1.82, 2.24) is 0 Å². The Morgan fingerprint density at radius 3 is 2.70 bits per heavy atom. The molecule has 0 fully saturated rings. The molecule has 0 N–H and O–H groups in total. The first-order valence-corrected chi connectivity index (χ1v) is 7.68. The topological polar surface area (TPSA) is 3.24 Å². The van der Waals surface area contributed by atoms with Crippen LogP contribution in [-0.4, -0.2) is 7.05 Å². The van der Waals surface area contributed by atoms with Gasteiger partial charge < -0.3 is 4.90 Å². The largest absolute Gasteiger partial charge is 0.366 e. The zero-order valence-corrected chi connectivity index (χ0v) is 13.0. The van der Waals surface area contributed by atoms with Gasteiger partial charge in [0, 0.05) is 7.05 Å². The number of hydrogen-bond acceptors (Lipinski definition) is 1. The molecular weight excluding hydrogens is 289 g/mol. The Bertz CT molecular complexity index is 624. The molecule has 2 aromatic rings. The zero-order chi connectivity index (χ0) is 14.1. The maximum atomic E-state index is 6.36. The smallest absolute Gasteiger partial charge is 0.0825 e. The average molecular weight is 306 g/mol. The minimum Gasteiger partial charge on any atom is -0.366 e. The van der Waals surface area contributed by atoms with Crippen LogP contribution in [-0.2, 0) is 6.42 Å². The molecule has 20 heavy (non-hydrogen) atoms. The molecule has 0 saturated carbocycles. The molecule has 1 nitrogen and oxygen atoms in total. The summed E-state index contributed by atoms with van der Waals surface area (Å²) in [6.45, 7) is 0. The Morgan fingerprint density at radius 1 is 1.05 bits per heavy atom. The third-order valence-electron chi connectivity index (χ3n) is 4.12. The fourth-order valence-electron chi connectivity index (χ4n) is 3.06. The summed E-state index contributed by atoms with van der Waals surface area (Å²) >= 11 is 12.5.